The van der Waals surface area contributed by atoms with Crippen LogP contribution < -0.4 is 15.4 Å². The zero-order valence-electron chi connectivity index (χ0n) is 13.1. The molecule has 5 nitrogen and oxygen atoms in total. The van der Waals surface area contributed by atoms with Gasteiger partial charge in [0.25, 0.3) is 0 Å². The molecule has 118 valence electrons. The number of ether oxygens (including phenoxy) is 2. The molecule has 21 heavy (non-hydrogen) atoms. The van der Waals surface area contributed by atoms with Gasteiger partial charge in [-0.3, -0.25) is 0 Å². The van der Waals surface area contributed by atoms with Crippen LogP contribution >= 0.6 is 11.3 Å². The number of rotatable bonds is 5. The van der Waals surface area contributed by atoms with Gasteiger partial charge in [-0.15, -0.1) is 11.3 Å². The van der Waals surface area contributed by atoms with Crippen LogP contribution in [-0.2, 0) is 4.74 Å². The molecule has 0 amide bonds. The number of esters is 1. The SMILES string of the molecule is CCOC(=O)c1sc(N2CCC(C)C2)c(OC(C)C)c1N. The second-order valence-corrected chi connectivity index (χ2v) is 6.71. The van der Waals surface area contributed by atoms with Crippen molar-refractivity contribution < 1.29 is 14.3 Å². The van der Waals surface area contributed by atoms with Crippen molar-refractivity contribution in [3.8, 4) is 5.75 Å². The molecule has 2 heterocycles. The first-order valence-corrected chi connectivity index (χ1v) is 8.26. The minimum Gasteiger partial charge on any atom is -0.486 e. The lowest BCUT2D eigenvalue weighted by Crippen LogP contribution is -2.19. The van der Waals surface area contributed by atoms with Crippen molar-refractivity contribution in [1.82, 2.24) is 0 Å². The monoisotopic (exact) mass is 312 g/mol. The largest absolute Gasteiger partial charge is 0.486 e. The summed E-state index contributed by atoms with van der Waals surface area (Å²) in [5.74, 6) is 0.908. The summed E-state index contributed by atoms with van der Waals surface area (Å²) in [6.07, 6.45) is 1.16. The van der Waals surface area contributed by atoms with E-state index in [0.717, 1.165) is 24.5 Å². The Hall–Kier alpha value is -1.43. The van der Waals surface area contributed by atoms with Crippen LogP contribution in [0.4, 0.5) is 10.7 Å². The summed E-state index contributed by atoms with van der Waals surface area (Å²) in [4.78, 5) is 14.7. The van der Waals surface area contributed by atoms with Crippen LogP contribution in [0.1, 0.15) is 43.8 Å². The molecule has 1 atom stereocenters. The number of nitrogens with zero attached hydrogens (tertiary/aromatic N) is 1. The molecule has 0 aromatic carbocycles. The molecule has 1 aliphatic rings. The third kappa shape index (κ3) is 3.43. The summed E-state index contributed by atoms with van der Waals surface area (Å²) in [6, 6.07) is 0. The predicted molar refractivity (Wildman–Crippen MR) is 86.4 cm³/mol. The first kappa shape index (κ1) is 15.9. The van der Waals surface area contributed by atoms with Gasteiger partial charge < -0.3 is 20.1 Å². The molecule has 2 N–H and O–H groups in total. The van der Waals surface area contributed by atoms with Gasteiger partial charge in [0.2, 0.25) is 0 Å². The summed E-state index contributed by atoms with van der Waals surface area (Å²) < 4.78 is 11.0. The Bertz CT molecular complexity index is 513. The van der Waals surface area contributed by atoms with Gasteiger partial charge >= 0.3 is 5.97 Å². The normalized spacial score (nSPS) is 18.3. The molecule has 0 spiro atoms. The maximum Gasteiger partial charge on any atom is 0.350 e. The molecule has 2 rings (SSSR count). The fourth-order valence-electron chi connectivity index (χ4n) is 2.44. The second-order valence-electron chi connectivity index (χ2n) is 5.71. The quantitative estimate of drug-likeness (QED) is 0.846. The van der Waals surface area contributed by atoms with Gasteiger partial charge in [-0.05, 0) is 33.1 Å². The minimum atomic E-state index is -0.368. The van der Waals surface area contributed by atoms with Crippen LogP contribution in [0.25, 0.3) is 0 Å². The fourth-order valence-corrected chi connectivity index (χ4v) is 3.53. The van der Waals surface area contributed by atoms with E-state index in [9.17, 15) is 4.79 Å². The van der Waals surface area contributed by atoms with Gasteiger partial charge in [0.1, 0.15) is 15.6 Å². The lowest BCUT2D eigenvalue weighted by Gasteiger charge is -2.19. The van der Waals surface area contributed by atoms with E-state index < -0.39 is 0 Å². The Kier molecular flexibility index (Phi) is 4.98. The molecule has 1 aliphatic heterocycles. The van der Waals surface area contributed by atoms with E-state index in [1.54, 1.807) is 6.92 Å². The number of carbonyl (C=O) groups excluding carboxylic acids is 1. The Morgan fingerprint density at radius 1 is 1.52 bits per heavy atom. The highest BCUT2D eigenvalue weighted by atomic mass is 32.1. The number of hydrogen-bond acceptors (Lipinski definition) is 6. The number of thiophene rings is 1. The van der Waals surface area contributed by atoms with Crippen molar-refractivity contribution in [3.63, 3.8) is 0 Å². The third-order valence-corrected chi connectivity index (χ3v) is 4.64. The number of nitrogen functional groups attached to an aromatic ring is 1. The molecule has 0 bridgehead atoms. The first-order chi connectivity index (χ1) is 9.93. The minimum absolute atomic E-state index is 0.00993. The summed E-state index contributed by atoms with van der Waals surface area (Å²) >= 11 is 1.38. The zero-order valence-corrected chi connectivity index (χ0v) is 14.0. The molecule has 0 saturated carbocycles. The van der Waals surface area contributed by atoms with E-state index in [0.29, 0.717) is 28.8 Å². The van der Waals surface area contributed by atoms with Gasteiger partial charge in [0.05, 0.1) is 12.7 Å². The molecule has 1 fully saturated rings. The predicted octanol–water partition coefficient (Wildman–Crippen LogP) is 3.14. The molecule has 1 aromatic rings. The summed E-state index contributed by atoms with van der Waals surface area (Å²) in [5.41, 5.74) is 6.55. The molecular formula is C15H24N2O3S. The van der Waals surface area contributed by atoms with Crippen LogP contribution in [0, 0.1) is 5.92 Å². The van der Waals surface area contributed by atoms with Crippen LogP contribution in [0.5, 0.6) is 5.75 Å². The number of nitrogens with two attached hydrogens (primary N) is 1. The molecular weight excluding hydrogens is 288 g/mol. The van der Waals surface area contributed by atoms with Crippen LogP contribution in [0.3, 0.4) is 0 Å². The number of hydrogen-bond donors (Lipinski definition) is 1. The Balaban J connectivity index is 2.37. The van der Waals surface area contributed by atoms with E-state index in [4.69, 9.17) is 15.2 Å². The zero-order chi connectivity index (χ0) is 15.6. The van der Waals surface area contributed by atoms with Crippen molar-refractivity contribution in [1.29, 1.82) is 0 Å². The lowest BCUT2D eigenvalue weighted by atomic mass is 10.2. The molecule has 0 aliphatic carbocycles. The summed E-state index contributed by atoms with van der Waals surface area (Å²) in [5, 5.41) is 0.952. The van der Waals surface area contributed by atoms with Crippen molar-refractivity contribution in [3.05, 3.63) is 4.88 Å². The molecule has 6 heteroatoms. The third-order valence-electron chi connectivity index (χ3n) is 3.41. The van der Waals surface area contributed by atoms with Gasteiger partial charge in [-0.2, -0.15) is 0 Å². The van der Waals surface area contributed by atoms with Crippen molar-refractivity contribution in [2.24, 2.45) is 5.92 Å². The van der Waals surface area contributed by atoms with Crippen LogP contribution in [0.15, 0.2) is 0 Å². The molecule has 0 radical (unpaired) electrons. The highest BCUT2D eigenvalue weighted by molar-refractivity contribution is 7.19. The molecule has 1 unspecified atom stereocenters. The Labute approximate surface area is 130 Å². The maximum absolute atomic E-state index is 12.0. The highest BCUT2D eigenvalue weighted by Crippen LogP contribution is 2.47. The fraction of sp³-hybridized carbons (Fsp3) is 0.667. The Morgan fingerprint density at radius 3 is 2.76 bits per heavy atom. The van der Waals surface area contributed by atoms with E-state index in [-0.39, 0.29) is 12.1 Å². The highest BCUT2D eigenvalue weighted by Gasteiger charge is 2.30. The summed E-state index contributed by atoms with van der Waals surface area (Å²) in [6.45, 7) is 10.2. The first-order valence-electron chi connectivity index (χ1n) is 7.45. The van der Waals surface area contributed by atoms with Crippen molar-refractivity contribution in [2.45, 2.75) is 40.2 Å². The molecule has 1 saturated heterocycles. The topological polar surface area (TPSA) is 64.8 Å². The van der Waals surface area contributed by atoms with Crippen LogP contribution in [-0.4, -0.2) is 31.8 Å². The Morgan fingerprint density at radius 2 is 2.24 bits per heavy atom. The number of carbonyl (C=O) groups is 1. The average Bonchev–Trinajstić information content (AvgIpc) is 2.95. The van der Waals surface area contributed by atoms with E-state index >= 15 is 0 Å². The van der Waals surface area contributed by atoms with Gasteiger partial charge in [0, 0.05) is 13.1 Å². The van der Waals surface area contributed by atoms with Crippen molar-refractivity contribution >= 4 is 28.0 Å². The van der Waals surface area contributed by atoms with Gasteiger partial charge in [-0.25, -0.2) is 4.79 Å². The van der Waals surface area contributed by atoms with Crippen molar-refractivity contribution in [2.75, 3.05) is 30.3 Å². The smallest absolute Gasteiger partial charge is 0.350 e. The van der Waals surface area contributed by atoms with Crippen LogP contribution in [0.2, 0.25) is 0 Å². The number of anilines is 2. The maximum atomic E-state index is 12.0. The van der Waals surface area contributed by atoms with E-state index in [2.05, 4.69) is 11.8 Å². The standard InChI is InChI=1S/C15H24N2O3S/c1-5-19-15(18)13-11(16)12(20-9(2)3)14(21-13)17-7-6-10(4)8-17/h9-10H,5-8,16H2,1-4H3. The lowest BCUT2D eigenvalue weighted by molar-refractivity contribution is 0.0533. The summed E-state index contributed by atoms with van der Waals surface area (Å²) in [7, 11) is 0. The van der Waals surface area contributed by atoms with Gasteiger partial charge in [-0.1, -0.05) is 6.92 Å². The second kappa shape index (κ2) is 6.56. The molecule has 1 aromatic heterocycles. The van der Waals surface area contributed by atoms with E-state index in [1.807, 2.05) is 13.8 Å². The van der Waals surface area contributed by atoms with Gasteiger partial charge in [0.15, 0.2) is 5.75 Å². The van der Waals surface area contributed by atoms with E-state index in [1.165, 1.54) is 11.3 Å². The average molecular weight is 312 g/mol.